The van der Waals surface area contributed by atoms with Crippen LogP contribution in [0.1, 0.15) is 27.2 Å². The minimum absolute atomic E-state index is 0.0785. The molecule has 0 saturated carbocycles. The number of rotatable bonds is 5. The molecular weight excluding hydrogens is 459 g/mol. The van der Waals surface area contributed by atoms with E-state index in [2.05, 4.69) is 20.4 Å². The number of hydrogen-bond donors (Lipinski definition) is 1. The Hall–Kier alpha value is -3.66. The summed E-state index contributed by atoms with van der Waals surface area (Å²) in [6.07, 6.45) is 0.121. The van der Waals surface area contributed by atoms with Gasteiger partial charge in [-0.05, 0) is 42.8 Å². The number of amides is 1. The second kappa shape index (κ2) is 8.70. The van der Waals surface area contributed by atoms with Crippen LogP contribution >= 0.6 is 11.6 Å². The Morgan fingerprint density at radius 1 is 1.18 bits per heavy atom. The van der Waals surface area contributed by atoms with Crippen LogP contribution in [0.4, 0.5) is 18.9 Å². The van der Waals surface area contributed by atoms with Gasteiger partial charge < -0.3 is 10.1 Å². The number of ether oxygens (including phenoxy) is 1. The zero-order valence-corrected chi connectivity index (χ0v) is 18.2. The van der Waals surface area contributed by atoms with Gasteiger partial charge in [-0.25, -0.2) is 9.67 Å². The van der Waals surface area contributed by atoms with Gasteiger partial charge in [0.2, 0.25) is 0 Å². The number of carbonyl (C=O) groups excluding carboxylic acids is 1. The largest absolute Gasteiger partial charge is 0.495 e. The lowest BCUT2D eigenvalue weighted by Gasteiger charge is -2.10. The first-order valence-electron chi connectivity index (χ1n) is 9.65. The summed E-state index contributed by atoms with van der Waals surface area (Å²) < 4.78 is 45.0. The van der Waals surface area contributed by atoms with E-state index >= 15 is 0 Å². The second-order valence-corrected chi connectivity index (χ2v) is 7.57. The quantitative estimate of drug-likeness (QED) is 0.433. The molecule has 7 nitrogen and oxygen atoms in total. The highest BCUT2D eigenvalue weighted by molar-refractivity contribution is 6.39. The van der Waals surface area contributed by atoms with E-state index in [0.717, 1.165) is 17.7 Å². The monoisotopic (exact) mass is 475 g/mol. The molecule has 0 unspecified atom stereocenters. The zero-order chi connectivity index (χ0) is 23.8. The molecule has 0 aliphatic rings. The number of nitrogens with one attached hydrogen (secondary N) is 1. The number of carbonyl (C=O) groups is 1. The van der Waals surface area contributed by atoms with Crippen LogP contribution in [0.25, 0.3) is 11.0 Å². The number of hydrogen-bond acceptors (Lipinski definition) is 5. The maximum atomic E-state index is 12.7. The van der Waals surface area contributed by atoms with Crippen LogP contribution in [-0.4, -0.2) is 32.8 Å². The van der Waals surface area contributed by atoms with Gasteiger partial charge in [-0.15, -0.1) is 0 Å². The molecule has 3 aromatic heterocycles. The van der Waals surface area contributed by atoms with Crippen molar-refractivity contribution in [3.63, 3.8) is 0 Å². The summed E-state index contributed by atoms with van der Waals surface area (Å²) in [6.45, 7) is 2.10. The minimum atomic E-state index is -4.46. The third-order valence-electron chi connectivity index (χ3n) is 4.93. The molecule has 4 rings (SSSR count). The highest BCUT2D eigenvalue weighted by Crippen LogP contribution is 2.31. The molecule has 0 saturated heterocycles. The van der Waals surface area contributed by atoms with Crippen LogP contribution in [-0.2, 0) is 12.7 Å². The molecule has 0 bridgehead atoms. The first kappa shape index (κ1) is 22.5. The Morgan fingerprint density at radius 2 is 1.91 bits per heavy atom. The van der Waals surface area contributed by atoms with Crippen molar-refractivity contribution in [2.45, 2.75) is 19.6 Å². The van der Waals surface area contributed by atoms with Crippen LogP contribution in [0.2, 0.25) is 5.02 Å². The molecular formula is C22H17ClF3N5O2. The predicted molar refractivity (Wildman–Crippen MR) is 117 cm³/mol. The standard InChI is InChI=1S/C22H17ClF3N5O2/c1-12-18-19(23)17(21(32)29-15-5-3-14(4-6-15)22(24,25)26)10-28-20(18)31(30-12)11-13-7-16(33-2)9-27-8-13/h3-10H,11H2,1-2H3,(H,29,32). The van der Waals surface area contributed by atoms with Gasteiger partial charge in [0, 0.05) is 18.1 Å². The summed E-state index contributed by atoms with van der Waals surface area (Å²) in [5, 5.41) is 7.68. The summed E-state index contributed by atoms with van der Waals surface area (Å²) in [4.78, 5) is 21.2. The third kappa shape index (κ3) is 4.61. The molecule has 0 fully saturated rings. The van der Waals surface area contributed by atoms with Crippen molar-refractivity contribution in [1.29, 1.82) is 0 Å². The fraction of sp³-hybridized carbons (Fsp3) is 0.182. The number of aryl methyl sites for hydroxylation is 1. The molecule has 1 N–H and O–H groups in total. The van der Waals surface area contributed by atoms with Crippen molar-refractivity contribution in [2.24, 2.45) is 0 Å². The first-order chi connectivity index (χ1) is 15.7. The number of methoxy groups -OCH3 is 1. The van der Waals surface area contributed by atoms with Crippen LogP contribution < -0.4 is 10.1 Å². The van der Waals surface area contributed by atoms with Crippen LogP contribution in [0.5, 0.6) is 5.75 Å². The van der Waals surface area contributed by atoms with Crippen molar-refractivity contribution in [2.75, 3.05) is 12.4 Å². The molecule has 11 heteroatoms. The Morgan fingerprint density at radius 3 is 2.58 bits per heavy atom. The van der Waals surface area contributed by atoms with Crippen LogP contribution in [0, 0.1) is 6.92 Å². The highest BCUT2D eigenvalue weighted by Gasteiger charge is 2.30. The number of anilines is 1. The topological polar surface area (TPSA) is 81.9 Å². The molecule has 0 radical (unpaired) electrons. The Bertz CT molecular complexity index is 1340. The summed E-state index contributed by atoms with van der Waals surface area (Å²) in [7, 11) is 1.55. The molecule has 0 spiro atoms. The molecule has 3 heterocycles. The molecule has 1 aromatic carbocycles. The van der Waals surface area contributed by atoms with Gasteiger partial charge >= 0.3 is 6.18 Å². The van der Waals surface area contributed by atoms with E-state index in [4.69, 9.17) is 16.3 Å². The van der Waals surface area contributed by atoms with E-state index in [1.165, 1.54) is 18.3 Å². The second-order valence-electron chi connectivity index (χ2n) is 7.19. The van der Waals surface area contributed by atoms with Gasteiger partial charge in [0.1, 0.15) is 5.75 Å². The third-order valence-corrected chi connectivity index (χ3v) is 5.32. The van der Waals surface area contributed by atoms with E-state index in [0.29, 0.717) is 29.0 Å². The van der Waals surface area contributed by atoms with Crippen molar-refractivity contribution in [3.8, 4) is 5.75 Å². The molecule has 4 aromatic rings. The Balaban J connectivity index is 1.61. The minimum Gasteiger partial charge on any atom is -0.495 e. The number of halogens is 4. The maximum Gasteiger partial charge on any atom is 0.416 e. The number of pyridine rings is 2. The van der Waals surface area contributed by atoms with Gasteiger partial charge in [-0.3, -0.25) is 9.78 Å². The molecule has 0 aliphatic heterocycles. The summed E-state index contributed by atoms with van der Waals surface area (Å²) in [6, 6.07) is 5.95. The number of nitrogens with zero attached hydrogens (tertiary/aromatic N) is 4. The van der Waals surface area contributed by atoms with Crippen LogP contribution in [0.15, 0.2) is 48.9 Å². The number of aromatic nitrogens is 4. The molecule has 0 atom stereocenters. The summed E-state index contributed by atoms with van der Waals surface area (Å²) in [5.74, 6) is 0.00667. The smallest absolute Gasteiger partial charge is 0.416 e. The van der Waals surface area contributed by atoms with Gasteiger partial charge in [0.25, 0.3) is 5.91 Å². The number of fused-ring (bicyclic) bond motifs is 1. The van der Waals surface area contributed by atoms with Gasteiger partial charge in [-0.2, -0.15) is 18.3 Å². The lowest BCUT2D eigenvalue weighted by Crippen LogP contribution is -2.14. The summed E-state index contributed by atoms with van der Waals surface area (Å²) in [5.41, 5.74) is 1.35. The van der Waals surface area contributed by atoms with E-state index in [-0.39, 0.29) is 16.3 Å². The zero-order valence-electron chi connectivity index (χ0n) is 17.4. The lowest BCUT2D eigenvalue weighted by molar-refractivity contribution is -0.137. The van der Waals surface area contributed by atoms with E-state index in [1.807, 2.05) is 6.07 Å². The predicted octanol–water partition coefficient (Wildman–Crippen LogP) is 5.12. The maximum absolute atomic E-state index is 12.7. The van der Waals surface area contributed by atoms with Crippen LogP contribution in [0.3, 0.4) is 0 Å². The summed E-state index contributed by atoms with van der Waals surface area (Å²) >= 11 is 6.52. The number of benzene rings is 1. The van der Waals surface area contributed by atoms with Crippen molar-refractivity contribution in [3.05, 3.63) is 76.3 Å². The Labute approximate surface area is 191 Å². The van der Waals surface area contributed by atoms with Gasteiger partial charge in [-0.1, -0.05) is 11.6 Å². The molecule has 170 valence electrons. The SMILES string of the molecule is COc1cncc(Cn2nc(C)c3c(Cl)c(C(=O)Nc4ccc(C(F)(F)F)cc4)cnc32)c1. The number of alkyl halides is 3. The van der Waals surface area contributed by atoms with Crippen molar-refractivity contribution in [1.82, 2.24) is 19.7 Å². The van der Waals surface area contributed by atoms with E-state index in [1.54, 1.807) is 31.1 Å². The molecule has 1 amide bonds. The molecule has 33 heavy (non-hydrogen) atoms. The van der Waals surface area contributed by atoms with Gasteiger partial charge in [0.05, 0.1) is 47.1 Å². The van der Waals surface area contributed by atoms with Gasteiger partial charge in [0.15, 0.2) is 5.65 Å². The van der Waals surface area contributed by atoms with E-state index < -0.39 is 17.6 Å². The highest BCUT2D eigenvalue weighted by atomic mass is 35.5. The fourth-order valence-electron chi connectivity index (χ4n) is 3.32. The average molecular weight is 476 g/mol. The fourth-order valence-corrected chi connectivity index (χ4v) is 3.67. The average Bonchev–Trinajstić information content (AvgIpc) is 3.09. The van der Waals surface area contributed by atoms with E-state index in [9.17, 15) is 18.0 Å². The molecule has 0 aliphatic carbocycles. The normalized spacial score (nSPS) is 11.6. The first-order valence-corrected chi connectivity index (χ1v) is 10.0. The lowest BCUT2D eigenvalue weighted by atomic mass is 10.1. The van der Waals surface area contributed by atoms with Crippen molar-refractivity contribution >= 4 is 34.2 Å². The Kier molecular flexibility index (Phi) is 5.94. The van der Waals surface area contributed by atoms with Crippen molar-refractivity contribution < 1.29 is 22.7 Å².